The summed E-state index contributed by atoms with van der Waals surface area (Å²) >= 11 is 0. The van der Waals surface area contributed by atoms with Crippen LogP contribution in [0.2, 0.25) is 0 Å². The fourth-order valence-electron chi connectivity index (χ4n) is 3.77. The van der Waals surface area contributed by atoms with Crippen LogP contribution in [0.3, 0.4) is 0 Å². The Bertz CT molecular complexity index is 341. The molecule has 0 aliphatic carbocycles. The van der Waals surface area contributed by atoms with Crippen LogP contribution in [0.5, 0.6) is 0 Å². The monoisotopic (exact) mass is 251 g/mol. The van der Waals surface area contributed by atoms with E-state index >= 15 is 0 Å². The normalized spacial score (nSPS) is 36.7. The SMILES string of the molecule is NC1CC2CCC(C1)N2CCN1C(=O)CCC1=O. The Morgan fingerprint density at radius 2 is 1.56 bits per heavy atom. The average molecular weight is 251 g/mol. The standard InChI is InChI=1S/C13H21N3O2/c14-9-7-10-1-2-11(8-9)15(10)5-6-16-12(17)3-4-13(16)18/h9-11H,1-8,14H2. The van der Waals surface area contributed by atoms with Crippen molar-refractivity contribution >= 4 is 11.8 Å². The highest BCUT2D eigenvalue weighted by Gasteiger charge is 2.40. The van der Waals surface area contributed by atoms with E-state index in [0.717, 1.165) is 19.4 Å². The van der Waals surface area contributed by atoms with Crippen molar-refractivity contribution < 1.29 is 9.59 Å². The molecule has 0 saturated carbocycles. The van der Waals surface area contributed by atoms with Crippen molar-refractivity contribution in [3.8, 4) is 0 Å². The number of imide groups is 1. The van der Waals surface area contributed by atoms with Gasteiger partial charge in [-0.3, -0.25) is 19.4 Å². The number of nitrogens with zero attached hydrogens (tertiary/aromatic N) is 2. The summed E-state index contributed by atoms with van der Waals surface area (Å²) in [6.07, 6.45) is 5.38. The summed E-state index contributed by atoms with van der Waals surface area (Å²) in [5.74, 6) is 0.00196. The molecule has 3 fully saturated rings. The molecule has 3 aliphatic heterocycles. The first-order valence-corrected chi connectivity index (χ1v) is 6.99. The molecule has 3 heterocycles. The molecule has 3 saturated heterocycles. The molecular formula is C13H21N3O2. The lowest BCUT2D eigenvalue weighted by atomic mass is 9.98. The minimum Gasteiger partial charge on any atom is -0.328 e. The fraction of sp³-hybridized carbons (Fsp3) is 0.846. The van der Waals surface area contributed by atoms with E-state index in [1.54, 1.807) is 0 Å². The molecule has 5 heteroatoms. The van der Waals surface area contributed by atoms with Crippen molar-refractivity contribution in [1.82, 2.24) is 9.80 Å². The van der Waals surface area contributed by atoms with Gasteiger partial charge in [0.1, 0.15) is 0 Å². The summed E-state index contributed by atoms with van der Waals surface area (Å²) in [5, 5.41) is 0. The van der Waals surface area contributed by atoms with Gasteiger partial charge in [-0.05, 0) is 25.7 Å². The minimum absolute atomic E-state index is 0.000979. The Balaban J connectivity index is 1.58. The van der Waals surface area contributed by atoms with E-state index in [4.69, 9.17) is 5.73 Å². The second-order valence-corrected chi connectivity index (χ2v) is 5.79. The van der Waals surface area contributed by atoms with Crippen molar-refractivity contribution in [3.63, 3.8) is 0 Å². The summed E-state index contributed by atoms with van der Waals surface area (Å²) in [6, 6.07) is 1.49. The van der Waals surface area contributed by atoms with Gasteiger partial charge in [0.05, 0.1) is 0 Å². The number of piperidine rings is 1. The summed E-state index contributed by atoms with van der Waals surface area (Å²) in [7, 11) is 0. The average Bonchev–Trinajstić information content (AvgIpc) is 2.76. The molecule has 0 spiro atoms. The third-order valence-corrected chi connectivity index (χ3v) is 4.66. The van der Waals surface area contributed by atoms with Gasteiger partial charge in [0.25, 0.3) is 0 Å². The fourth-order valence-corrected chi connectivity index (χ4v) is 3.77. The highest BCUT2D eigenvalue weighted by atomic mass is 16.2. The number of carbonyl (C=O) groups excluding carboxylic acids is 2. The molecule has 0 radical (unpaired) electrons. The van der Waals surface area contributed by atoms with Crippen molar-refractivity contribution in [3.05, 3.63) is 0 Å². The number of carbonyl (C=O) groups is 2. The maximum absolute atomic E-state index is 11.6. The molecule has 2 bridgehead atoms. The van der Waals surface area contributed by atoms with Crippen molar-refractivity contribution in [1.29, 1.82) is 0 Å². The maximum atomic E-state index is 11.6. The summed E-state index contributed by atoms with van der Waals surface area (Å²) in [4.78, 5) is 27.0. The van der Waals surface area contributed by atoms with Gasteiger partial charge in [-0.2, -0.15) is 0 Å². The van der Waals surface area contributed by atoms with Crippen LogP contribution in [0, 0.1) is 0 Å². The predicted octanol–water partition coefficient (Wildman–Crippen LogP) is 0.0895. The number of rotatable bonds is 3. The third-order valence-electron chi connectivity index (χ3n) is 4.66. The van der Waals surface area contributed by atoms with Gasteiger partial charge < -0.3 is 5.73 Å². The van der Waals surface area contributed by atoms with Crippen LogP contribution in [-0.4, -0.2) is 52.8 Å². The molecular weight excluding hydrogens is 230 g/mol. The first kappa shape index (κ1) is 12.1. The molecule has 5 nitrogen and oxygen atoms in total. The van der Waals surface area contributed by atoms with Crippen LogP contribution in [0.15, 0.2) is 0 Å². The quantitative estimate of drug-likeness (QED) is 0.722. The van der Waals surface area contributed by atoms with E-state index in [9.17, 15) is 9.59 Å². The molecule has 0 aromatic rings. The van der Waals surface area contributed by atoms with Gasteiger partial charge in [0.15, 0.2) is 0 Å². The van der Waals surface area contributed by atoms with Crippen molar-refractivity contribution in [2.45, 2.75) is 56.7 Å². The largest absolute Gasteiger partial charge is 0.328 e. The maximum Gasteiger partial charge on any atom is 0.229 e. The second-order valence-electron chi connectivity index (χ2n) is 5.79. The van der Waals surface area contributed by atoms with Crippen LogP contribution >= 0.6 is 0 Å². The van der Waals surface area contributed by atoms with Crippen LogP contribution in [-0.2, 0) is 9.59 Å². The lowest BCUT2D eigenvalue weighted by Crippen LogP contribution is -2.50. The van der Waals surface area contributed by atoms with E-state index in [1.165, 1.54) is 17.7 Å². The second kappa shape index (κ2) is 4.63. The van der Waals surface area contributed by atoms with E-state index in [0.29, 0.717) is 37.5 Å². The van der Waals surface area contributed by atoms with Gasteiger partial charge >= 0.3 is 0 Å². The van der Waals surface area contributed by atoms with Gasteiger partial charge in [-0.15, -0.1) is 0 Å². The highest BCUT2D eigenvalue weighted by Crippen LogP contribution is 2.34. The zero-order valence-electron chi connectivity index (χ0n) is 10.7. The molecule has 0 aromatic heterocycles. The van der Waals surface area contributed by atoms with Crippen LogP contribution in [0.1, 0.15) is 38.5 Å². The zero-order chi connectivity index (χ0) is 12.7. The van der Waals surface area contributed by atoms with E-state index in [-0.39, 0.29) is 11.8 Å². The van der Waals surface area contributed by atoms with Gasteiger partial charge in [-0.25, -0.2) is 0 Å². The van der Waals surface area contributed by atoms with E-state index < -0.39 is 0 Å². The Hall–Kier alpha value is -0.940. The lowest BCUT2D eigenvalue weighted by molar-refractivity contribution is -0.138. The first-order valence-electron chi connectivity index (χ1n) is 6.99. The summed E-state index contributed by atoms with van der Waals surface area (Å²) in [6.45, 7) is 1.40. The third kappa shape index (κ3) is 2.06. The van der Waals surface area contributed by atoms with E-state index in [1.807, 2.05) is 0 Å². The Labute approximate surface area is 107 Å². The number of hydrogen-bond donors (Lipinski definition) is 1. The molecule has 2 unspecified atom stereocenters. The molecule has 18 heavy (non-hydrogen) atoms. The Morgan fingerprint density at radius 3 is 2.11 bits per heavy atom. The molecule has 0 aromatic carbocycles. The smallest absolute Gasteiger partial charge is 0.229 e. The lowest BCUT2D eigenvalue weighted by Gasteiger charge is -2.38. The summed E-state index contributed by atoms with van der Waals surface area (Å²) in [5.41, 5.74) is 6.03. The molecule has 3 aliphatic rings. The number of fused-ring (bicyclic) bond motifs is 2. The molecule has 100 valence electrons. The summed E-state index contributed by atoms with van der Waals surface area (Å²) < 4.78 is 0. The predicted molar refractivity (Wildman–Crippen MR) is 66.7 cm³/mol. The van der Waals surface area contributed by atoms with Gasteiger partial charge in [0, 0.05) is 44.1 Å². The van der Waals surface area contributed by atoms with Gasteiger partial charge in [0.2, 0.25) is 11.8 Å². The first-order chi connectivity index (χ1) is 8.65. The van der Waals surface area contributed by atoms with E-state index in [2.05, 4.69) is 4.90 Å². The highest BCUT2D eigenvalue weighted by molar-refractivity contribution is 6.01. The number of likely N-dealkylation sites (tertiary alicyclic amines) is 1. The minimum atomic E-state index is 0.000979. The molecule has 2 N–H and O–H groups in total. The van der Waals surface area contributed by atoms with Crippen molar-refractivity contribution in [2.75, 3.05) is 13.1 Å². The number of nitrogens with two attached hydrogens (primary N) is 1. The Morgan fingerprint density at radius 1 is 1.00 bits per heavy atom. The topological polar surface area (TPSA) is 66.6 Å². The molecule has 2 amide bonds. The number of amides is 2. The van der Waals surface area contributed by atoms with Gasteiger partial charge in [-0.1, -0.05) is 0 Å². The Kier molecular flexibility index (Phi) is 3.11. The van der Waals surface area contributed by atoms with Crippen LogP contribution < -0.4 is 5.73 Å². The van der Waals surface area contributed by atoms with Crippen molar-refractivity contribution in [2.24, 2.45) is 5.73 Å². The molecule has 3 rings (SSSR count). The molecule has 2 atom stereocenters. The zero-order valence-corrected chi connectivity index (χ0v) is 10.7. The number of hydrogen-bond acceptors (Lipinski definition) is 4. The van der Waals surface area contributed by atoms with Crippen LogP contribution in [0.4, 0.5) is 0 Å². The van der Waals surface area contributed by atoms with Crippen LogP contribution in [0.25, 0.3) is 0 Å².